The van der Waals surface area contributed by atoms with E-state index in [1.165, 1.54) is 4.88 Å². The van der Waals surface area contributed by atoms with Gasteiger partial charge in [-0.05, 0) is 51.2 Å². The van der Waals surface area contributed by atoms with E-state index in [0.717, 1.165) is 32.2 Å². The summed E-state index contributed by atoms with van der Waals surface area (Å²) in [5.74, 6) is 0.829. The second kappa shape index (κ2) is 5.78. The fraction of sp³-hybridized carbons (Fsp3) is 0.643. The summed E-state index contributed by atoms with van der Waals surface area (Å²) in [6.45, 7) is 3.26. The molecule has 2 atom stereocenters. The summed E-state index contributed by atoms with van der Waals surface area (Å²) >= 11 is 1.81. The number of thiophene rings is 1. The van der Waals surface area contributed by atoms with Crippen LogP contribution in [-0.2, 0) is 4.79 Å². The molecule has 1 aromatic rings. The van der Waals surface area contributed by atoms with E-state index >= 15 is 0 Å². The van der Waals surface area contributed by atoms with Crippen molar-refractivity contribution in [2.24, 2.45) is 5.92 Å². The lowest BCUT2D eigenvalue weighted by Crippen LogP contribution is -2.25. The first-order valence-corrected chi connectivity index (χ1v) is 7.33. The first kappa shape index (κ1) is 12.8. The molecule has 0 saturated heterocycles. The Balaban J connectivity index is 1.81. The SMILES string of the molecule is CC(c1cccs1)N(C)CCC1CCCC1=O. The quantitative estimate of drug-likeness (QED) is 0.798. The summed E-state index contributed by atoms with van der Waals surface area (Å²) in [6, 6.07) is 4.75. The molecule has 0 amide bonds. The fourth-order valence-corrected chi connectivity index (χ4v) is 3.34. The molecule has 2 unspecified atom stereocenters. The maximum atomic E-state index is 11.6. The van der Waals surface area contributed by atoms with Gasteiger partial charge in [-0.25, -0.2) is 0 Å². The molecule has 1 aliphatic rings. The maximum absolute atomic E-state index is 11.6. The molecule has 0 N–H and O–H groups in total. The monoisotopic (exact) mass is 251 g/mol. The fourth-order valence-electron chi connectivity index (χ4n) is 2.49. The lowest BCUT2D eigenvalue weighted by Gasteiger charge is -2.24. The zero-order valence-corrected chi connectivity index (χ0v) is 11.5. The molecule has 1 aromatic heterocycles. The van der Waals surface area contributed by atoms with Crippen LogP contribution in [0.5, 0.6) is 0 Å². The van der Waals surface area contributed by atoms with Crippen molar-refractivity contribution in [3.8, 4) is 0 Å². The average Bonchev–Trinajstić information content (AvgIpc) is 2.96. The second-order valence-corrected chi connectivity index (χ2v) is 6.00. The molecule has 0 spiro atoms. The van der Waals surface area contributed by atoms with Crippen LogP contribution in [0.3, 0.4) is 0 Å². The maximum Gasteiger partial charge on any atom is 0.136 e. The molecule has 3 heteroatoms. The number of hydrogen-bond donors (Lipinski definition) is 0. The topological polar surface area (TPSA) is 20.3 Å². The molecule has 94 valence electrons. The number of rotatable bonds is 5. The Morgan fingerprint density at radius 3 is 3.00 bits per heavy atom. The van der Waals surface area contributed by atoms with Gasteiger partial charge in [-0.15, -0.1) is 11.3 Å². The van der Waals surface area contributed by atoms with E-state index in [0.29, 0.717) is 17.7 Å². The van der Waals surface area contributed by atoms with E-state index in [2.05, 4.69) is 36.4 Å². The molecule has 0 aliphatic heterocycles. The Bertz CT molecular complexity index is 360. The van der Waals surface area contributed by atoms with E-state index in [9.17, 15) is 4.79 Å². The van der Waals surface area contributed by atoms with Crippen molar-refractivity contribution in [3.05, 3.63) is 22.4 Å². The molecular formula is C14H21NOS. The average molecular weight is 251 g/mol. The summed E-state index contributed by atoms with van der Waals surface area (Å²) in [4.78, 5) is 15.3. The Kier molecular flexibility index (Phi) is 4.35. The van der Waals surface area contributed by atoms with Crippen LogP contribution in [0, 0.1) is 5.92 Å². The van der Waals surface area contributed by atoms with Crippen molar-refractivity contribution in [1.82, 2.24) is 4.90 Å². The van der Waals surface area contributed by atoms with Crippen LogP contribution in [0.2, 0.25) is 0 Å². The number of nitrogens with zero attached hydrogens (tertiary/aromatic N) is 1. The van der Waals surface area contributed by atoms with E-state index in [4.69, 9.17) is 0 Å². The summed E-state index contributed by atoms with van der Waals surface area (Å²) in [5, 5.41) is 2.13. The molecule has 0 bridgehead atoms. The highest BCUT2D eigenvalue weighted by Gasteiger charge is 2.24. The summed E-state index contributed by atoms with van der Waals surface area (Å²) in [7, 11) is 2.16. The molecule has 2 rings (SSSR count). The largest absolute Gasteiger partial charge is 0.299 e. The van der Waals surface area contributed by atoms with Crippen molar-refractivity contribution in [1.29, 1.82) is 0 Å². The van der Waals surface area contributed by atoms with Gasteiger partial charge in [0.25, 0.3) is 0 Å². The van der Waals surface area contributed by atoms with Crippen molar-refractivity contribution in [2.45, 2.75) is 38.6 Å². The van der Waals surface area contributed by atoms with Gasteiger partial charge in [0.05, 0.1) is 0 Å². The lowest BCUT2D eigenvalue weighted by molar-refractivity contribution is -0.120. The van der Waals surface area contributed by atoms with Crippen molar-refractivity contribution in [3.63, 3.8) is 0 Å². The second-order valence-electron chi connectivity index (χ2n) is 5.02. The summed E-state index contributed by atoms with van der Waals surface area (Å²) in [5.41, 5.74) is 0. The predicted molar refractivity (Wildman–Crippen MR) is 72.3 cm³/mol. The standard InChI is InChI=1S/C14H21NOS/c1-11(14-7-4-10-17-14)15(2)9-8-12-5-3-6-13(12)16/h4,7,10-12H,3,5-6,8-9H2,1-2H3. The zero-order valence-electron chi connectivity index (χ0n) is 10.7. The molecule has 0 radical (unpaired) electrons. The van der Waals surface area contributed by atoms with Crippen LogP contribution in [0.1, 0.15) is 43.5 Å². The molecule has 1 heterocycles. The van der Waals surface area contributed by atoms with Gasteiger partial charge >= 0.3 is 0 Å². The molecule has 1 saturated carbocycles. The van der Waals surface area contributed by atoms with Crippen LogP contribution < -0.4 is 0 Å². The van der Waals surface area contributed by atoms with Crippen LogP contribution >= 0.6 is 11.3 Å². The third kappa shape index (κ3) is 3.17. The molecule has 0 aromatic carbocycles. The van der Waals surface area contributed by atoms with Gasteiger partial charge in [0.15, 0.2) is 0 Å². The van der Waals surface area contributed by atoms with Gasteiger partial charge in [-0.3, -0.25) is 9.69 Å². The number of carbonyl (C=O) groups is 1. The highest BCUT2D eigenvalue weighted by molar-refractivity contribution is 7.10. The van der Waals surface area contributed by atoms with Gasteiger partial charge in [-0.1, -0.05) is 6.07 Å². The van der Waals surface area contributed by atoms with Gasteiger partial charge in [-0.2, -0.15) is 0 Å². The highest BCUT2D eigenvalue weighted by atomic mass is 32.1. The minimum Gasteiger partial charge on any atom is -0.299 e. The molecule has 1 aliphatic carbocycles. The van der Waals surface area contributed by atoms with E-state index in [1.807, 2.05) is 11.3 Å². The molecule has 1 fully saturated rings. The summed E-state index contributed by atoms with van der Waals surface area (Å²) < 4.78 is 0. The Morgan fingerprint density at radius 2 is 2.41 bits per heavy atom. The van der Waals surface area contributed by atoms with Crippen molar-refractivity contribution < 1.29 is 4.79 Å². The van der Waals surface area contributed by atoms with E-state index in [-0.39, 0.29) is 0 Å². The first-order valence-electron chi connectivity index (χ1n) is 6.45. The Morgan fingerprint density at radius 1 is 1.59 bits per heavy atom. The van der Waals surface area contributed by atoms with Crippen molar-refractivity contribution in [2.75, 3.05) is 13.6 Å². The smallest absolute Gasteiger partial charge is 0.136 e. The Labute approximate surface area is 108 Å². The van der Waals surface area contributed by atoms with E-state index < -0.39 is 0 Å². The van der Waals surface area contributed by atoms with Gasteiger partial charge < -0.3 is 0 Å². The van der Waals surface area contributed by atoms with Crippen LogP contribution in [-0.4, -0.2) is 24.3 Å². The Hall–Kier alpha value is -0.670. The number of ketones is 1. The van der Waals surface area contributed by atoms with Gasteiger partial charge in [0, 0.05) is 23.3 Å². The van der Waals surface area contributed by atoms with Gasteiger partial charge in [0.2, 0.25) is 0 Å². The summed E-state index contributed by atoms with van der Waals surface area (Å²) in [6.07, 6.45) is 4.06. The zero-order chi connectivity index (χ0) is 12.3. The third-order valence-corrected chi connectivity index (χ3v) is 4.92. The van der Waals surface area contributed by atoms with Crippen molar-refractivity contribution >= 4 is 17.1 Å². The van der Waals surface area contributed by atoms with Gasteiger partial charge in [0.1, 0.15) is 5.78 Å². The third-order valence-electron chi connectivity index (χ3n) is 3.88. The van der Waals surface area contributed by atoms with Crippen LogP contribution in [0.25, 0.3) is 0 Å². The van der Waals surface area contributed by atoms with Crippen LogP contribution in [0.4, 0.5) is 0 Å². The normalized spacial score (nSPS) is 22.3. The molecule has 2 nitrogen and oxygen atoms in total. The van der Waals surface area contributed by atoms with E-state index in [1.54, 1.807) is 0 Å². The minimum absolute atomic E-state index is 0.341. The lowest BCUT2D eigenvalue weighted by atomic mass is 10.0. The van der Waals surface area contributed by atoms with Crippen LogP contribution in [0.15, 0.2) is 17.5 Å². The predicted octanol–water partition coefficient (Wildman–Crippen LogP) is 3.50. The highest BCUT2D eigenvalue weighted by Crippen LogP contribution is 2.27. The first-order chi connectivity index (χ1) is 8.18. The minimum atomic E-state index is 0.341. The number of hydrogen-bond acceptors (Lipinski definition) is 3. The number of carbonyl (C=O) groups excluding carboxylic acids is 1. The molecular weight excluding hydrogens is 230 g/mol. The number of Topliss-reactive ketones (excluding diaryl/α,β-unsaturated/α-hetero) is 1. The molecule has 17 heavy (non-hydrogen) atoms.